The van der Waals surface area contributed by atoms with E-state index < -0.39 is 12.0 Å². The van der Waals surface area contributed by atoms with Crippen LogP contribution in [0.4, 0.5) is 0 Å². The zero-order valence-corrected chi connectivity index (χ0v) is 10.2. The predicted octanol–water partition coefficient (Wildman–Crippen LogP) is 1.49. The molecule has 94 valence electrons. The Morgan fingerprint density at radius 1 is 1.53 bits per heavy atom. The number of hydrogen-bond donors (Lipinski definition) is 3. The molecule has 0 radical (unpaired) electrons. The molecule has 4 N–H and O–H groups in total. The highest BCUT2D eigenvalue weighted by molar-refractivity contribution is 5.68. The Kier molecular flexibility index (Phi) is 3.96. The maximum atomic E-state index is 10.6. The first-order valence-electron chi connectivity index (χ1n) is 5.22. The molecule has 1 rings (SSSR count). The zero-order valence-electron chi connectivity index (χ0n) is 10.2. The molecule has 0 amide bonds. The highest BCUT2D eigenvalue weighted by Crippen LogP contribution is 2.36. The number of phenols is 1. The highest BCUT2D eigenvalue weighted by atomic mass is 16.5. The number of ether oxygens (including phenoxy) is 1. The van der Waals surface area contributed by atoms with E-state index in [1.165, 1.54) is 7.11 Å². The fourth-order valence-electron chi connectivity index (χ4n) is 1.83. The van der Waals surface area contributed by atoms with Crippen LogP contribution in [-0.2, 0) is 4.79 Å². The molecule has 5 heteroatoms. The van der Waals surface area contributed by atoms with Crippen molar-refractivity contribution in [1.82, 2.24) is 0 Å². The van der Waals surface area contributed by atoms with Crippen LogP contribution in [0.15, 0.2) is 6.07 Å². The molecule has 1 unspecified atom stereocenters. The molecule has 1 aromatic carbocycles. The molecule has 17 heavy (non-hydrogen) atoms. The lowest BCUT2D eigenvalue weighted by Crippen LogP contribution is -2.16. The summed E-state index contributed by atoms with van der Waals surface area (Å²) in [5.41, 5.74) is 7.64. The highest BCUT2D eigenvalue weighted by Gasteiger charge is 2.20. The summed E-state index contributed by atoms with van der Waals surface area (Å²) in [6, 6.07) is 1.01. The van der Waals surface area contributed by atoms with Crippen LogP contribution in [0.3, 0.4) is 0 Å². The van der Waals surface area contributed by atoms with E-state index >= 15 is 0 Å². The van der Waals surface area contributed by atoms with Crippen LogP contribution in [0.25, 0.3) is 0 Å². The molecule has 0 bridgehead atoms. The third-order valence-corrected chi connectivity index (χ3v) is 2.70. The smallest absolute Gasteiger partial charge is 0.305 e. The normalized spacial score (nSPS) is 12.2. The zero-order chi connectivity index (χ0) is 13.2. The van der Waals surface area contributed by atoms with Gasteiger partial charge in [0.15, 0.2) is 0 Å². The maximum Gasteiger partial charge on any atom is 0.305 e. The quantitative estimate of drug-likeness (QED) is 0.740. The van der Waals surface area contributed by atoms with Gasteiger partial charge in [0.25, 0.3) is 0 Å². The number of aliphatic carboxylic acids is 1. The van der Waals surface area contributed by atoms with Crippen molar-refractivity contribution in [2.24, 2.45) is 5.73 Å². The fraction of sp³-hybridized carbons (Fsp3) is 0.417. The number of phenolic OH excluding ortho intramolecular Hbond substituents is 1. The lowest BCUT2D eigenvalue weighted by molar-refractivity contribution is -0.137. The lowest BCUT2D eigenvalue weighted by Gasteiger charge is -2.18. The average Bonchev–Trinajstić information content (AvgIpc) is 2.24. The van der Waals surface area contributed by atoms with Crippen LogP contribution in [-0.4, -0.2) is 23.3 Å². The van der Waals surface area contributed by atoms with Crippen molar-refractivity contribution >= 4 is 5.97 Å². The van der Waals surface area contributed by atoms with Crippen molar-refractivity contribution in [2.45, 2.75) is 26.3 Å². The summed E-state index contributed by atoms with van der Waals surface area (Å²) >= 11 is 0. The topological polar surface area (TPSA) is 92.8 Å². The third kappa shape index (κ3) is 2.68. The summed E-state index contributed by atoms with van der Waals surface area (Å²) < 4.78 is 5.18. The van der Waals surface area contributed by atoms with E-state index in [4.69, 9.17) is 15.6 Å². The number of aryl methyl sites for hydroxylation is 1. The standard InChI is InChI=1S/C12H17NO4/c1-6-4-8(9(13)5-10(14)15)12(17-3)7(2)11(6)16/h4,9,16H,5,13H2,1-3H3,(H,14,15). The van der Waals surface area contributed by atoms with Crippen molar-refractivity contribution in [1.29, 1.82) is 0 Å². The van der Waals surface area contributed by atoms with Crippen molar-refractivity contribution in [3.63, 3.8) is 0 Å². The molecular formula is C12H17NO4. The average molecular weight is 239 g/mol. The Hall–Kier alpha value is -1.75. The Morgan fingerprint density at radius 2 is 2.12 bits per heavy atom. The van der Waals surface area contributed by atoms with E-state index in [0.717, 1.165) is 0 Å². The second-order valence-corrected chi connectivity index (χ2v) is 3.99. The third-order valence-electron chi connectivity index (χ3n) is 2.70. The molecule has 1 aromatic rings. The summed E-state index contributed by atoms with van der Waals surface area (Å²) in [7, 11) is 1.47. The molecule has 0 fully saturated rings. The van der Waals surface area contributed by atoms with Gasteiger partial charge in [-0.15, -0.1) is 0 Å². The number of methoxy groups -OCH3 is 1. The second kappa shape index (κ2) is 5.05. The van der Waals surface area contributed by atoms with E-state index in [-0.39, 0.29) is 12.2 Å². The van der Waals surface area contributed by atoms with Gasteiger partial charge in [-0.25, -0.2) is 0 Å². The van der Waals surface area contributed by atoms with Crippen LogP contribution in [0.1, 0.15) is 29.2 Å². The van der Waals surface area contributed by atoms with Gasteiger partial charge in [-0.1, -0.05) is 0 Å². The molecule has 0 saturated heterocycles. The van der Waals surface area contributed by atoms with Crippen LogP contribution in [0.2, 0.25) is 0 Å². The molecule has 0 aliphatic carbocycles. The van der Waals surface area contributed by atoms with Gasteiger partial charge in [0.1, 0.15) is 11.5 Å². The van der Waals surface area contributed by atoms with Gasteiger partial charge in [0, 0.05) is 17.2 Å². The van der Waals surface area contributed by atoms with Gasteiger partial charge in [-0.3, -0.25) is 4.79 Å². The van der Waals surface area contributed by atoms with Crippen LogP contribution in [0, 0.1) is 13.8 Å². The number of carboxylic acids is 1. The molecule has 0 aliphatic heterocycles. The number of aromatic hydroxyl groups is 1. The Balaban J connectivity index is 3.27. The molecule has 0 aliphatic rings. The molecule has 5 nitrogen and oxygen atoms in total. The number of carbonyl (C=O) groups is 1. The molecule has 0 saturated carbocycles. The Labute approximate surface area is 99.8 Å². The number of rotatable bonds is 4. The summed E-state index contributed by atoms with van der Waals surface area (Å²) in [6.45, 7) is 3.44. The minimum Gasteiger partial charge on any atom is -0.507 e. The van der Waals surface area contributed by atoms with Gasteiger partial charge in [-0.2, -0.15) is 0 Å². The number of benzene rings is 1. The van der Waals surface area contributed by atoms with E-state index in [0.29, 0.717) is 22.4 Å². The Morgan fingerprint density at radius 3 is 2.59 bits per heavy atom. The van der Waals surface area contributed by atoms with Crippen molar-refractivity contribution in [2.75, 3.05) is 7.11 Å². The van der Waals surface area contributed by atoms with Gasteiger partial charge in [0.05, 0.1) is 13.5 Å². The summed E-state index contributed by atoms with van der Waals surface area (Å²) in [6.07, 6.45) is -0.181. The van der Waals surface area contributed by atoms with Gasteiger partial charge in [-0.05, 0) is 25.5 Å². The summed E-state index contributed by atoms with van der Waals surface area (Å²) in [5.74, 6) is -0.377. The monoisotopic (exact) mass is 239 g/mol. The van der Waals surface area contributed by atoms with Gasteiger partial charge < -0.3 is 20.7 Å². The maximum absolute atomic E-state index is 10.6. The van der Waals surface area contributed by atoms with E-state index in [1.807, 2.05) is 0 Å². The molecular weight excluding hydrogens is 222 g/mol. The fourth-order valence-corrected chi connectivity index (χ4v) is 1.83. The molecule has 0 spiro atoms. The van der Waals surface area contributed by atoms with Crippen molar-refractivity contribution in [3.05, 3.63) is 22.8 Å². The molecule has 1 atom stereocenters. The lowest BCUT2D eigenvalue weighted by atomic mass is 9.97. The minimum absolute atomic E-state index is 0.146. The number of hydrogen-bond acceptors (Lipinski definition) is 4. The summed E-state index contributed by atoms with van der Waals surface area (Å²) in [5, 5.41) is 18.5. The predicted molar refractivity (Wildman–Crippen MR) is 63.3 cm³/mol. The van der Waals surface area contributed by atoms with E-state index in [1.54, 1.807) is 19.9 Å². The van der Waals surface area contributed by atoms with Crippen molar-refractivity contribution in [3.8, 4) is 11.5 Å². The van der Waals surface area contributed by atoms with Crippen molar-refractivity contribution < 1.29 is 19.7 Å². The van der Waals surface area contributed by atoms with Gasteiger partial charge >= 0.3 is 5.97 Å². The van der Waals surface area contributed by atoms with E-state index in [9.17, 15) is 9.90 Å². The largest absolute Gasteiger partial charge is 0.507 e. The van der Waals surface area contributed by atoms with E-state index in [2.05, 4.69) is 0 Å². The number of carboxylic acid groups (broad SMARTS) is 1. The SMILES string of the molecule is COc1c(C(N)CC(=O)O)cc(C)c(O)c1C. The second-order valence-electron chi connectivity index (χ2n) is 3.99. The summed E-state index contributed by atoms with van der Waals surface area (Å²) in [4.78, 5) is 10.6. The van der Waals surface area contributed by atoms with Gasteiger partial charge in [0.2, 0.25) is 0 Å². The first-order chi connectivity index (χ1) is 7.88. The molecule has 0 aromatic heterocycles. The minimum atomic E-state index is -0.970. The van der Waals surface area contributed by atoms with Crippen LogP contribution >= 0.6 is 0 Å². The first-order valence-corrected chi connectivity index (χ1v) is 5.22. The van der Waals surface area contributed by atoms with Crippen LogP contribution < -0.4 is 10.5 Å². The molecule has 0 heterocycles. The Bertz CT molecular complexity index is 443. The van der Waals surface area contributed by atoms with Crippen LogP contribution in [0.5, 0.6) is 11.5 Å². The number of nitrogens with two attached hydrogens (primary N) is 1. The first kappa shape index (κ1) is 13.3.